The molecule has 2 aliphatic rings. The highest BCUT2D eigenvalue weighted by atomic mass is 32.2. The zero-order valence-electron chi connectivity index (χ0n) is 12.3. The molecule has 0 amide bonds. The first-order valence-electron chi connectivity index (χ1n) is 7.38. The predicted octanol–water partition coefficient (Wildman–Crippen LogP) is 1.39. The third kappa shape index (κ3) is 3.34. The van der Waals surface area contributed by atoms with E-state index in [1.165, 1.54) is 0 Å². The van der Waals surface area contributed by atoms with Crippen LogP contribution in [0.5, 0.6) is 0 Å². The van der Waals surface area contributed by atoms with E-state index in [4.69, 9.17) is 0 Å². The van der Waals surface area contributed by atoms with Crippen LogP contribution in [0, 0.1) is 11.3 Å². The van der Waals surface area contributed by atoms with Gasteiger partial charge in [0.2, 0.25) is 0 Å². The molecule has 2 rings (SSSR count). The highest BCUT2D eigenvalue weighted by Gasteiger charge is 2.43. The fraction of sp³-hybridized carbons (Fsp3) is 0.929. The fourth-order valence-electron chi connectivity index (χ4n) is 3.48. The number of sulfone groups is 1. The van der Waals surface area contributed by atoms with E-state index >= 15 is 0 Å². The van der Waals surface area contributed by atoms with Crippen LogP contribution in [-0.2, 0) is 14.6 Å². The largest absolute Gasteiger partial charge is 0.481 e. The molecule has 1 atom stereocenters. The summed E-state index contributed by atoms with van der Waals surface area (Å²) < 4.78 is 23.1. The van der Waals surface area contributed by atoms with E-state index in [0.717, 1.165) is 12.8 Å². The molecule has 0 radical (unpaired) electrons. The van der Waals surface area contributed by atoms with Crippen molar-refractivity contribution in [2.75, 3.05) is 25.1 Å². The standard InChI is InChI=1S/C14H25NO4S/c1-11-3-6-14(7-4-11,13(16)17)10-15(2)12-5-8-20(18,19)9-12/h11-12H,3-10H2,1-2H3,(H,16,17). The first-order chi connectivity index (χ1) is 9.24. The molecule has 1 N–H and O–H groups in total. The molecule has 20 heavy (non-hydrogen) atoms. The number of aliphatic carboxylic acids is 1. The summed E-state index contributed by atoms with van der Waals surface area (Å²) in [6, 6.07) is -0.0180. The Kier molecular flexibility index (Phi) is 4.44. The van der Waals surface area contributed by atoms with Gasteiger partial charge in [0.15, 0.2) is 9.84 Å². The molecular weight excluding hydrogens is 278 g/mol. The summed E-state index contributed by atoms with van der Waals surface area (Å²) in [6.45, 7) is 2.63. The highest BCUT2D eigenvalue weighted by Crippen LogP contribution is 2.40. The first-order valence-corrected chi connectivity index (χ1v) is 9.20. The zero-order valence-corrected chi connectivity index (χ0v) is 13.2. The van der Waals surface area contributed by atoms with E-state index in [2.05, 4.69) is 6.92 Å². The highest BCUT2D eigenvalue weighted by molar-refractivity contribution is 7.91. The van der Waals surface area contributed by atoms with Gasteiger partial charge in [0, 0.05) is 12.6 Å². The number of carboxylic acid groups (broad SMARTS) is 1. The lowest BCUT2D eigenvalue weighted by molar-refractivity contribution is -0.153. The van der Waals surface area contributed by atoms with Crippen molar-refractivity contribution in [2.45, 2.75) is 45.1 Å². The second-order valence-electron chi connectivity index (χ2n) is 6.74. The molecule has 1 saturated carbocycles. The van der Waals surface area contributed by atoms with Crippen LogP contribution in [0.1, 0.15) is 39.0 Å². The van der Waals surface area contributed by atoms with Crippen molar-refractivity contribution in [2.24, 2.45) is 11.3 Å². The molecule has 0 spiro atoms. The minimum absolute atomic E-state index is 0.0180. The van der Waals surface area contributed by atoms with Crippen LogP contribution >= 0.6 is 0 Å². The SMILES string of the molecule is CC1CCC(CN(C)C2CCS(=O)(=O)C2)(C(=O)O)CC1. The first kappa shape index (κ1) is 15.8. The number of hydrogen-bond donors (Lipinski definition) is 1. The minimum Gasteiger partial charge on any atom is -0.481 e. The Labute approximate surface area is 121 Å². The predicted molar refractivity (Wildman–Crippen MR) is 77.4 cm³/mol. The Morgan fingerprint density at radius 1 is 1.30 bits per heavy atom. The molecule has 1 unspecified atom stereocenters. The number of carbonyl (C=O) groups is 1. The summed E-state index contributed by atoms with van der Waals surface area (Å²) in [4.78, 5) is 13.7. The molecule has 1 saturated heterocycles. The van der Waals surface area contributed by atoms with Crippen molar-refractivity contribution in [3.8, 4) is 0 Å². The summed E-state index contributed by atoms with van der Waals surface area (Å²) in [6.07, 6.45) is 3.93. The molecule has 0 bridgehead atoms. The molecule has 1 aliphatic heterocycles. The van der Waals surface area contributed by atoms with Gasteiger partial charge in [-0.05, 0) is 45.1 Å². The summed E-state index contributed by atoms with van der Waals surface area (Å²) in [7, 11) is -1.05. The van der Waals surface area contributed by atoms with Gasteiger partial charge in [0.25, 0.3) is 0 Å². The Hall–Kier alpha value is -0.620. The maximum absolute atomic E-state index is 11.7. The average molecular weight is 303 g/mol. The quantitative estimate of drug-likeness (QED) is 0.849. The Balaban J connectivity index is 2.04. The van der Waals surface area contributed by atoms with Crippen molar-refractivity contribution >= 4 is 15.8 Å². The topological polar surface area (TPSA) is 74.7 Å². The van der Waals surface area contributed by atoms with Crippen molar-refractivity contribution in [3.05, 3.63) is 0 Å². The summed E-state index contributed by atoms with van der Waals surface area (Å²) in [5.41, 5.74) is -0.687. The third-order valence-electron chi connectivity index (χ3n) is 5.07. The molecule has 2 fully saturated rings. The zero-order chi connectivity index (χ0) is 15.0. The molecule has 0 aromatic carbocycles. The minimum atomic E-state index is -2.92. The molecule has 0 aromatic rings. The van der Waals surface area contributed by atoms with Crippen LogP contribution in [0.3, 0.4) is 0 Å². The van der Waals surface area contributed by atoms with E-state index in [1.807, 2.05) is 11.9 Å². The lowest BCUT2D eigenvalue weighted by Gasteiger charge is -2.39. The third-order valence-corrected chi connectivity index (χ3v) is 6.82. The van der Waals surface area contributed by atoms with E-state index in [1.54, 1.807) is 0 Å². The van der Waals surface area contributed by atoms with Gasteiger partial charge >= 0.3 is 5.97 Å². The fourth-order valence-corrected chi connectivity index (χ4v) is 5.29. The van der Waals surface area contributed by atoms with Gasteiger partial charge in [-0.15, -0.1) is 0 Å². The van der Waals surface area contributed by atoms with E-state index in [0.29, 0.717) is 31.7 Å². The second kappa shape index (κ2) is 5.64. The number of rotatable bonds is 4. The molecule has 1 aliphatic carbocycles. The maximum Gasteiger partial charge on any atom is 0.310 e. The number of nitrogens with zero attached hydrogens (tertiary/aromatic N) is 1. The maximum atomic E-state index is 11.7. The molecule has 6 heteroatoms. The van der Waals surface area contributed by atoms with Gasteiger partial charge < -0.3 is 10.0 Å². The van der Waals surface area contributed by atoms with Crippen LogP contribution < -0.4 is 0 Å². The molecule has 1 heterocycles. The molecule has 0 aromatic heterocycles. The van der Waals surface area contributed by atoms with Crippen LogP contribution in [0.15, 0.2) is 0 Å². The number of hydrogen-bond acceptors (Lipinski definition) is 4. The van der Waals surface area contributed by atoms with Gasteiger partial charge in [0.05, 0.1) is 16.9 Å². The van der Waals surface area contributed by atoms with Crippen molar-refractivity contribution in [1.82, 2.24) is 4.90 Å². The van der Waals surface area contributed by atoms with Gasteiger partial charge in [-0.1, -0.05) is 6.92 Å². The lowest BCUT2D eigenvalue weighted by Crippen LogP contribution is -2.47. The van der Waals surface area contributed by atoms with Gasteiger partial charge in [-0.25, -0.2) is 8.42 Å². The van der Waals surface area contributed by atoms with Crippen LogP contribution in [0.4, 0.5) is 0 Å². The van der Waals surface area contributed by atoms with Gasteiger partial charge in [-0.2, -0.15) is 0 Å². The smallest absolute Gasteiger partial charge is 0.310 e. The molecule has 116 valence electrons. The van der Waals surface area contributed by atoms with Crippen molar-refractivity contribution in [1.29, 1.82) is 0 Å². The van der Waals surface area contributed by atoms with E-state index < -0.39 is 21.2 Å². The normalized spacial score (nSPS) is 37.1. The monoisotopic (exact) mass is 303 g/mol. The molecular formula is C14H25NO4S. The van der Waals surface area contributed by atoms with Crippen molar-refractivity contribution in [3.63, 3.8) is 0 Å². The number of carboxylic acids is 1. The lowest BCUT2D eigenvalue weighted by atomic mass is 9.70. The van der Waals surface area contributed by atoms with Gasteiger partial charge in [0.1, 0.15) is 0 Å². The summed E-state index contributed by atoms with van der Waals surface area (Å²) >= 11 is 0. The Morgan fingerprint density at radius 3 is 2.35 bits per heavy atom. The average Bonchev–Trinajstić information content (AvgIpc) is 2.73. The van der Waals surface area contributed by atoms with E-state index in [9.17, 15) is 18.3 Å². The second-order valence-corrected chi connectivity index (χ2v) is 8.97. The van der Waals surface area contributed by atoms with E-state index in [-0.39, 0.29) is 17.5 Å². The summed E-state index contributed by atoms with van der Waals surface area (Å²) in [5, 5.41) is 9.62. The van der Waals surface area contributed by atoms with Crippen LogP contribution in [0.25, 0.3) is 0 Å². The van der Waals surface area contributed by atoms with Crippen LogP contribution in [-0.4, -0.2) is 55.5 Å². The molecule has 5 nitrogen and oxygen atoms in total. The van der Waals surface area contributed by atoms with Gasteiger partial charge in [-0.3, -0.25) is 4.79 Å². The Bertz CT molecular complexity index is 466. The van der Waals surface area contributed by atoms with Crippen LogP contribution in [0.2, 0.25) is 0 Å². The van der Waals surface area contributed by atoms with Crippen molar-refractivity contribution < 1.29 is 18.3 Å². The Morgan fingerprint density at radius 2 is 1.90 bits per heavy atom. The summed E-state index contributed by atoms with van der Waals surface area (Å²) in [5.74, 6) is 0.283.